The summed E-state index contributed by atoms with van der Waals surface area (Å²) in [5.41, 5.74) is 1.69. The van der Waals surface area contributed by atoms with Gasteiger partial charge in [-0.05, 0) is 30.7 Å². The second-order valence-electron chi connectivity index (χ2n) is 4.84. The quantitative estimate of drug-likeness (QED) is 0.811. The molecule has 112 valence electrons. The van der Waals surface area contributed by atoms with E-state index in [9.17, 15) is 4.79 Å². The van der Waals surface area contributed by atoms with E-state index in [0.717, 1.165) is 24.5 Å². The van der Waals surface area contributed by atoms with Gasteiger partial charge in [0.05, 0.1) is 0 Å². The van der Waals surface area contributed by atoms with Gasteiger partial charge in [0.25, 0.3) is 5.91 Å². The number of aryl methyl sites for hydroxylation is 1. The molecule has 2 rings (SSSR count). The largest absolute Gasteiger partial charge is 0.385 e. The smallest absolute Gasteiger partial charge is 0.251 e. The summed E-state index contributed by atoms with van der Waals surface area (Å²) in [6.07, 6.45) is 3.35. The van der Waals surface area contributed by atoms with Gasteiger partial charge >= 0.3 is 0 Å². The Morgan fingerprint density at radius 3 is 2.62 bits per heavy atom. The number of amides is 1. The van der Waals surface area contributed by atoms with Crippen LogP contribution in [-0.4, -0.2) is 33.8 Å². The molecule has 2 aromatic rings. The lowest BCUT2D eigenvalue weighted by molar-refractivity contribution is 0.0954. The summed E-state index contributed by atoms with van der Waals surface area (Å²) >= 11 is 0. The predicted octanol–water partition coefficient (Wildman–Crippen LogP) is 1.61. The molecule has 1 amide bonds. The number of rotatable bonds is 7. The van der Waals surface area contributed by atoms with E-state index in [0.29, 0.717) is 18.5 Å². The van der Waals surface area contributed by atoms with Crippen LogP contribution in [-0.2, 0) is 13.5 Å². The van der Waals surface area contributed by atoms with Gasteiger partial charge in [-0.2, -0.15) is 5.10 Å². The second kappa shape index (κ2) is 7.42. The first-order valence-electron chi connectivity index (χ1n) is 7.15. The van der Waals surface area contributed by atoms with E-state index in [-0.39, 0.29) is 5.91 Å². The fraction of sp³-hybridized carbons (Fsp3) is 0.400. The van der Waals surface area contributed by atoms with Crippen LogP contribution in [0.4, 0.5) is 5.69 Å². The molecule has 0 saturated carbocycles. The molecule has 6 heteroatoms. The van der Waals surface area contributed by atoms with Gasteiger partial charge in [0, 0.05) is 37.8 Å². The molecule has 1 aromatic heterocycles. The van der Waals surface area contributed by atoms with Crippen molar-refractivity contribution in [2.24, 2.45) is 7.05 Å². The number of anilines is 1. The van der Waals surface area contributed by atoms with Crippen LogP contribution in [0, 0.1) is 0 Å². The van der Waals surface area contributed by atoms with E-state index >= 15 is 0 Å². The highest BCUT2D eigenvalue weighted by Gasteiger charge is 2.05. The van der Waals surface area contributed by atoms with E-state index < -0.39 is 0 Å². The third kappa shape index (κ3) is 4.59. The topological polar surface area (TPSA) is 71.8 Å². The first-order valence-corrected chi connectivity index (χ1v) is 7.15. The predicted molar refractivity (Wildman–Crippen MR) is 82.3 cm³/mol. The highest BCUT2D eigenvalue weighted by molar-refractivity contribution is 5.94. The zero-order chi connectivity index (χ0) is 15.1. The van der Waals surface area contributed by atoms with Crippen LogP contribution in [0.15, 0.2) is 30.6 Å². The average molecular weight is 287 g/mol. The van der Waals surface area contributed by atoms with Gasteiger partial charge < -0.3 is 10.6 Å². The molecule has 0 unspecified atom stereocenters. The van der Waals surface area contributed by atoms with Crippen LogP contribution in [0.1, 0.15) is 29.5 Å². The number of aromatic nitrogens is 3. The van der Waals surface area contributed by atoms with Crippen LogP contribution < -0.4 is 10.6 Å². The molecule has 0 aliphatic heterocycles. The van der Waals surface area contributed by atoms with Crippen molar-refractivity contribution >= 4 is 11.6 Å². The first kappa shape index (κ1) is 15.0. The molecule has 2 N–H and O–H groups in total. The molecule has 0 spiro atoms. The maximum absolute atomic E-state index is 12.0. The van der Waals surface area contributed by atoms with Gasteiger partial charge in [-0.3, -0.25) is 9.48 Å². The van der Waals surface area contributed by atoms with Gasteiger partial charge in [0.1, 0.15) is 6.33 Å². The Labute approximate surface area is 124 Å². The lowest BCUT2D eigenvalue weighted by Gasteiger charge is -2.07. The van der Waals surface area contributed by atoms with Crippen LogP contribution in [0.5, 0.6) is 0 Å². The van der Waals surface area contributed by atoms with Gasteiger partial charge in [-0.25, -0.2) is 4.98 Å². The first-order chi connectivity index (χ1) is 10.2. The minimum atomic E-state index is -0.0760. The van der Waals surface area contributed by atoms with Gasteiger partial charge in [-0.1, -0.05) is 6.92 Å². The summed E-state index contributed by atoms with van der Waals surface area (Å²) in [6, 6.07) is 7.49. The zero-order valence-electron chi connectivity index (χ0n) is 12.5. The Kier molecular flexibility index (Phi) is 5.31. The third-order valence-corrected chi connectivity index (χ3v) is 3.01. The Balaban J connectivity index is 1.79. The van der Waals surface area contributed by atoms with E-state index in [2.05, 4.69) is 27.6 Å². The van der Waals surface area contributed by atoms with Gasteiger partial charge in [-0.15, -0.1) is 0 Å². The van der Waals surface area contributed by atoms with Crippen molar-refractivity contribution in [1.82, 2.24) is 20.1 Å². The fourth-order valence-corrected chi connectivity index (χ4v) is 1.90. The fourth-order valence-electron chi connectivity index (χ4n) is 1.90. The van der Waals surface area contributed by atoms with Crippen molar-refractivity contribution in [3.8, 4) is 0 Å². The Bertz CT molecular complexity index is 576. The number of carbonyl (C=O) groups is 1. The molecule has 21 heavy (non-hydrogen) atoms. The average Bonchev–Trinajstić information content (AvgIpc) is 2.91. The van der Waals surface area contributed by atoms with Crippen LogP contribution in [0.3, 0.4) is 0 Å². The summed E-state index contributed by atoms with van der Waals surface area (Å²) < 4.78 is 1.65. The van der Waals surface area contributed by atoms with E-state index in [1.807, 2.05) is 31.3 Å². The molecule has 0 fully saturated rings. The highest BCUT2D eigenvalue weighted by Crippen LogP contribution is 2.09. The van der Waals surface area contributed by atoms with Crippen LogP contribution in [0.25, 0.3) is 0 Å². The molecule has 0 aliphatic rings. The SMILES string of the molecule is CCCNc1ccc(C(=O)NCCc2ncn(C)n2)cc1. The van der Waals surface area contributed by atoms with E-state index in [1.54, 1.807) is 11.0 Å². The number of hydrogen-bond acceptors (Lipinski definition) is 4. The minimum Gasteiger partial charge on any atom is -0.385 e. The minimum absolute atomic E-state index is 0.0760. The summed E-state index contributed by atoms with van der Waals surface area (Å²) in [6.45, 7) is 3.58. The number of carbonyl (C=O) groups excluding carboxylic acids is 1. The van der Waals surface area contributed by atoms with Crippen molar-refractivity contribution in [3.63, 3.8) is 0 Å². The monoisotopic (exact) mass is 287 g/mol. The number of benzene rings is 1. The highest BCUT2D eigenvalue weighted by atomic mass is 16.1. The number of hydrogen-bond donors (Lipinski definition) is 2. The summed E-state index contributed by atoms with van der Waals surface area (Å²) in [4.78, 5) is 16.1. The molecule has 0 saturated heterocycles. The lowest BCUT2D eigenvalue weighted by Crippen LogP contribution is -2.26. The Morgan fingerprint density at radius 2 is 2.00 bits per heavy atom. The van der Waals surface area contributed by atoms with Crippen molar-refractivity contribution < 1.29 is 4.79 Å². The molecule has 1 aromatic carbocycles. The molecular formula is C15H21N5O. The van der Waals surface area contributed by atoms with Crippen molar-refractivity contribution in [1.29, 1.82) is 0 Å². The summed E-state index contributed by atoms with van der Waals surface area (Å²) in [5, 5.41) is 10.3. The number of nitrogens with one attached hydrogen (secondary N) is 2. The Hall–Kier alpha value is -2.37. The second-order valence-corrected chi connectivity index (χ2v) is 4.84. The standard InChI is InChI=1S/C15H21N5O/c1-3-9-16-13-6-4-12(5-7-13)15(21)17-10-8-14-18-11-20(2)19-14/h4-7,11,16H,3,8-10H2,1-2H3,(H,17,21). The maximum Gasteiger partial charge on any atom is 0.251 e. The summed E-state index contributed by atoms with van der Waals surface area (Å²) in [7, 11) is 1.82. The normalized spacial score (nSPS) is 10.4. The van der Waals surface area contributed by atoms with Gasteiger partial charge in [0.2, 0.25) is 0 Å². The molecule has 0 bridgehead atoms. The number of nitrogens with zero attached hydrogens (tertiary/aromatic N) is 3. The summed E-state index contributed by atoms with van der Waals surface area (Å²) in [5.74, 6) is 0.657. The maximum atomic E-state index is 12.0. The van der Waals surface area contributed by atoms with Crippen LogP contribution >= 0.6 is 0 Å². The Morgan fingerprint density at radius 1 is 1.24 bits per heavy atom. The van der Waals surface area contributed by atoms with Crippen molar-refractivity contribution in [2.75, 3.05) is 18.4 Å². The van der Waals surface area contributed by atoms with Crippen molar-refractivity contribution in [3.05, 3.63) is 42.0 Å². The molecule has 0 aliphatic carbocycles. The van der Waals surface area contributed by atoms with Gasteiger partial charge in [0.15, 0.2) is 5.82 Å². The van der Waals surface area contributed by atoms with Crippen molar-refractivity contribution in [2.45, 2.75) is 19.8 Å². The molecule has 0 radical (unpaired) electrons. The molecule has 1 heterocycles. The van der Waals surface area contributed by atoms with E-state index in [4.69, 9.17) is 0 Å². The zero-order valence-corrected chi connectivity index (χ0v) is 12.5. The van der Waals surface area contributed by atoms with Crippen LogP contribution in [0.2, 0.25) is 0 Å². The van der Waals surface area contributed by atoms with E-state index in [1.165, 1.54) is 0 Å². The third-order valence-electron chi connectivity index (χ3n) is 3.01. The molecule has 6 nitrogen and oxygen atoms in total. The lowest BCUT2D eigenvalue weighted by atomic mass is 10.2. The molecule has 0 atom stereocenters. The molecular weight excluding hydrogens is 266 g/mol.